The molecule has 0 bridgehead atoms. The van der Waals surface area contributed by atoms with Gasteiger partial charge in [-0.2, -0.15) is 0 Å². The summed E-state index contributed by atoms with van der Waals surface area (Å²) in [5, 5.41) is 14.0. The fraction of sp³-hybridized carbons (Fsp3) is 0.188. The smallest absolute Gasteiger partial charge is 0.258 e. The molecule has 0 spiro atoms. The first-order valence-electron chi connectivity index (χ1n) is 6.92. The van der Waals surface area contributed by atoms with Crippen LogP contribution in [-0.2, 0) is 0 Å². The average molecular weight is 333 g/mol. The highest BCUT2D eigenvalue weighted by atomic mass is 35.5. The number of hydrogen-bond donors (Lipinski definition) is 0. The molecule has 112 valence electrons. The fourth-order valence-electron chi connectivity index (χ4n) is 2.28. The van der Waals surface area contributed by atoms with Crippen LogP contribution in [0.5, 0.6) is 0 Å². The quantitative estimate of drug-likeness (QED) is 0.533. The fourth-order valence-corrected chi connectivity index (χ4v) is 3.36. The van der Waals surface area contributed by atoms with Crippen LogP contribution in [0.4, 0.5) is 5.69 Å². The first-order valence-corrected chi connectivity index (χ1v) is 8.18. The Morgan fingerprint density at radius 1 is 1.27 bits per heavy atom. The van der Waals surface area contributed by atoms with Crippen LogP contribution in [0.1, 0.15) is 25.0 Å². The van der Waals surface area contributed by atoms with E-state index < -0.39 is 4.92 Å². The molecule has 2 aromatic rings. The summed E-state index contributed by atoms with van der Waals surface area (Å²) < 4.78 is 0. The highest BCUT2D eigenvalue weighted by molar-refractivity contribution is 8.10. The Bertz CT molecular complexity index is 802. The van der Waals surface area contributed by atoms with Crippen molar-refractivity contribution in [3.63, 3.8) is 0 Å². The van der Waals surface area contributed by atoms with Gasteiger partial charge in [-0.15, -0.1) is 0 Å². The van der Waals surface area contributed by atoms with Gasteiger partial charge in [0, 0.05) is 22.4 Å². The maximum Gasteiger partial charge on any atom is 0.270 e. The van der Waals surface area contributed by atoms with Crippen LogP contribution in [0, 0.1) is 10.1 Å². The van der Waals surface area contributed by atoms with Crippen molar-refractivity contribution in [3.05, 3.63) is 62.7 Å². The van der Waals surface area contributed by atoms with E-state index in [4.69, 9.17) is 11.6 Å². The summed E-state index contributed by atoms with van der Waals surface area (Å²) in [6, 6.07) is 6.34. The van der Waals surface area contributed by atoms with Crippen LogP contribution in [0.2, 0.25) is 5.02 Å². The van der Waals surface area contributed by atoms with Gasteiger partial charge in [0.15, 0.2) is 0 Å². The van der Waals surface area contributed by atoms with Gasteiger partial charge in [0.05, 0.1) is 21.2 Å². The van der Waals surface area contributed by atoms with E-state index in [1.807, 2.05) is 0 Å². The van der Waals surface area contributed by atoms with Gasteiger partial charge < -0.3 is 0 Å². The molecule has 3 rings (SSSR count). The van der Waals surface area contributed by atoms with Crippen molar-refractivity contribution < 1.29 is 4.92 Å². The van der Waals surface area contributed by atoms with E-state index in [2.05, 4.69) is 22.5 Å². The van der Waals surface area contributed by atoms with Gasteiger partial charge in [0.1, 0.15) is 0 Å². The zero-order chi connectivity index (χ0) is 15.5. The molecule has 0 saturated carbocycles. The molecule has 0 unspecified atom stereocenters. The van der Waals surface area contributed by atoms with Crippen molar-refractivity contribution in [3.8, 4) is 0 Å². The third-order valence-corrected chi connectivity index (χ3v) is 4.67. The topological polar surface area (TPSA) is 56.0 Å². The molecule has 4 nitrogen and oxygen atoms in total. The van der Waals surface area contributed by atoms with Gasteiger partial charge in [0.2, 0.25) is 0 Å². The molecule has 1 aromatic heterocycles. The van der Waals surface area contributed by atoms with E-state index in [9.17, 15) is 10.1 Å². The van der Waals surface area contributed by atoms with Gasteiger partial charge in [0.25, 0.3) is 5.69 Å². The molecule has 0 N–H and O–H groups in total. The number of hydrogen-bond acceptors (Lipinski definition) is 4. The van der Waals surface area contributed by atoms with Gasteiger partial charge in [-0.05, 0) is 36.8 Å². The summed E-state index contributed by atoms with van der Waals surface area (Å²) in [6.45, 7) is 0. The summed E-state index contributed by atoms with van der Waals surface area (Å²) in [5.41, 5.74) is 1.50. The Labute approximate surface area is 137 Å². The minimum absolute atomic E-state index is 0.0198. The average Bonchev–Trinajstić information content (AvgIpc) is 2.46. The summed E-state index contributed by atoms with van der Waals surface area (Å²) in [4.78, 5) is 16.1. The molecule has 0 fully saturated rings. The maximum absolute atomic E-state index is 10.9. The van der Waals surface area contributed by atoms with Crippen molar-refractivity contribution in [1.82, 2.24) is 4.98 Å². The van der Waals surface area contributed by atoms with Gasteiger partial charge >= 0.3 is 0 Å². The largest absolute Gasteiger partial charge is 0.270 e. The first-order chi connectivity index (χ1) is 10.6. The van der Waals surface area contributed by atoms with Crippen molar-refractivity contribution in [2.45, 2.75) is 19.3 Å². The number of allylic oxidation sites excluding steroid dienone is 2. The highest BCUT2D eigenvalue weighted by Crippen LogP contribution is 2.34. The molecule has 0 atom stereocenters. The molecule has 0 amide bonds. The summed E-state index contributed by atoms with van der Waals surface area (Å²) in [6.07, 6.45) is 7.54. The Morgan fingerprint density at radius 2 is 2.14 bits per heavy atom. The number of benzene rings is 1. The van der Waals surface area contributed by atoms with E-state index in [-0.39, 0.29) is 5.69 Å². The number of fused-ring (bicyclic) bond motifs is 1. The number of nitro benzene ring substituents is 1. The van der Waals surface area contributed by atoms with Crippen LogP contribution < -0.4 is 0 Å². The van der Waals surface area contributed by atoms with Gasteiger partial charge in [-0.3, -0.25) is 10.1 Å². The maximum atomic E-state index is 10.9. The minimum Gasteiger partial charge on any atom is -0.258 e. The SMILES string of the molecule is O=[N+]([O-])c1ccc2nc(/C3=C/CCC/C=C/S3)cc(Cl)c2c1. The Kier molecular flexibility index (Phi) is 4.45. The number of non-ortho nitro benzene ring substituents is 1. The predicted molar refractivity (Wildman–Crippen MR) is 92.0 cm³/mol. The molecule has 6 heteroatoms. The molecule has 22 heavy (non-hydrogen) atoms. The van der Waals surface area contributed by atoms with Gasteiger partial charge in [-0.25, -0.2) is 4.98 Å². The number of pyridine rings is 1. The van der Waals surface area contributed by atoms with Crippen LogP contribution >= 0.6 is 23.4 Å². The lowest BCUT2D eigenvalue weighted by Gasteiger charge is -2.09. The number of halogens is 1. The van der Waals surface area contributed by atoms with E-state index in [0.29, 0.717) is 15.9 Å². The molecule has 2 heterocycles. The number of rotatable bonds is 2. The highest BCUT2D eigenvalue weighted by Gasteiger charge is 2.12. The second-order valence-corrected chi connectivity index (χ2v) is 6.29. The van der Waals surface area contributed by atoms with Crippen molar-refractivity contribution >= 4 is 44.9 Å². The second kappa shape index (κ2) is 6.50. The predicted octanol–water partition coefficient (Wildman–Crippen LogP) is 5.57. The zero-order valence-electron chi connectivity index (χ0n) is 11.7. The van der Waals surface area contributed by atoms with E-state index >= 15 is 0 Å². The molecule has 1 aliphatic heterocycles. The Balaban J connectivity index is 2.07. The minimum atomic E-state index is -0.429. The molecule has 1 aromatic carbocycles. The standard InChI is InChI=1S/C16H13ClN2O2S/c17-13-10-15(16-5-3-1-2-4-8-22-16)18-14-7-6-11(19(20)21)9-12(13)14/h4-10H,1-3H2/b8-4+,16-5-. The van der Waals surface area contributed by atoms with E-state index in [1.54, 1.807) is 23.9 Å². The van der Waals surface area contributed by atoms with E-state index in [1.165, 1.54) is 12.1 Å². The third-order valence-electron chi connectivity index (χ3n) is 3.40. The number of nitro groups is 1. The van der Waals surface area contributed by atoms with Crippen molar-refractivity contribution in [2.75, 3.05) is 0 Å². The summed E-state index contributed by atoms with van der Waals surface area (Å²) >= 11 is 7.94. The monoisotopic (exact) mass is 332 g/mol. The first kappa shape index (κ1) is 15.1. The molecule has 0 aliphatic carbocycles. The lowest BCUT2D eigenvalue weighted by atomic mass is 10.1. The number of thioether (sulfide) groups is 1. The molecule has 0 radical (unpaired) electrons. The normalized spacial score (nSPS) is 19.0. The third kappa shape index (κ3) is 3.15. The van der Waals surface area contributed by atoms with Crippen molar-refractivity contribution in [2.24, 2.45) is 0 Å². The molecular weight excluding hydrogens is 320 g/mol. The van der Waals surface area contributed by atoms with Crippen LogP contribution in [0.3, 0.4) is 0 Å². The Hall–Kier alpha value is -1.85. The zero-order valence-corrected chi connectivity index (χ0v) is 13.2. The van der Waals surface area contributed by atoms with Crippen LogP contribution in [-0.4, -0.2) is 9.91 Å². The van der Waals surface area contributed by atoms with Crippen LogP contribution in [0.25, 0.3) is 15.8 Å². The number of nitrogens with zero attached hydrogens (tertiary/aromatic N) is 2. The summed E-state index contributed by atoms with van der Waals surface area (Å²) in [7, 11) is 0. The molecule has 1 aliphatic rings. The molecular formula is C16H13ClN2O2S. The summed E-state index contributed by atoms with van der Waals surface area (Å²) in [5.74, 6) is 0. The number of aromatic nitrogens is 1. The second-order valence-electron chi connectivity index (χ2n) is 4.94. The molecule has 0 saturated heterocycles. The van der Waals surface area contributed by atoms with Crippen LogP contribution in [0.15, 0.2) is 41.8 Å². The van der Waals surface area contributed by atoms with Crippen molar-refractivity contribution in [1.29, 1.82) is 0 Å². The lowest BCUT2D eigenvalue weighted by Crippen LogP contribution is -1.92. The van der Waals surface area contributed by atoms with Gasteiger partial charge in [-0.1, -0.05) is 35.5 Å². The van der Waals surface area contributed by atoms with E-state index in [0.717, 1.165) is 29.9 Å². The lowest BCUT2D eigenvalue weighted by molar-refractivity contribution is -0.384. The Morgan fingerprint density at radius 3 is 2.95 bits per heavy atom.